The Bertz CT molecular complexity index is 731. The molecule has 1 fully saturated rings. The van der Waals surface area contributed by atoms with E-state index in [-0.39, 0.29) is 29.4 Å². The SMILES string of the molecule is CN=C(NCC1(c2cccc(Cl)c2)CC1)NCC(C)(C)S(C)(=O)=O.I. The van der Waals surface area contributed by atoms with Gasteiger partial charge in [-0.2, -0.15) is 0 Å². The Morgan fingerprint density at radius 2 is 1.96 bits per heavy atom. The number of nitrogens with one attached hydrogen (secondary N) is 2. The predicted octanol–water partition coefficient (Wildman–Crippen LogP) is 2.98. The molecule has 0 spiro atoms. The Labute approximate surface area is 173 Å². The lowest BCUT2D eigenvalue weighted by Crippen LogP contribution is -2.48. The lowest BCUT2D eigenvalue weighted by molar-refractivity contribution is 0.543. The van der Waals surface area contributed by atoms with Crippen molar-refractivity contribution in [3.05, 3.63) is 34.9 Å². The summed E-state index contributed by atoms with van der Waals surface area (Å²) >= 11 is 6.10. The molecule has 2 rings (SSSR count). The molecule has 0 radical (unpaired) electrons. The first kappa shape index (κ1) is 22.5. The highest BCUT2D eigenvalue weighted by Gasteiger charge is 2.44. The summed E-state index contributed by atoms with van der Waals surface area (Å²) in [4.78, 5) is 4.19. The summed E-state index contributed by atoms with van der Waals surface area (Å²) < 4.78 is 22.7. The highest BCUT2D eigenvalue weighted by atomic mass is 127. The molecule has 2 N–H and O–H groups in total. The molecule has 0 aliphatic heterocycles. The molecule has 8 heteroatoms. The van der Waals surface area contributed by atoms with Crippen molar-refractivity contribution in [3.63, 3.8) is 0 Å². The number of aliphatic imine (C=N–C) groups is 1. The highest BCUT2D eigenvalue weighted by Crippen LogP contribution is 2.48. The van der Waals surface area contributed by atoms with Crippen molar-refractivity contribution in [1.29, 1.82) is 0 Å². The molecule has 0 saturated heterocycles. The minimum absolute atomic E-state index is 0. The van der Waals surface area contributed by atoms with Crippen molar-refractivity contribution in [1.82, 2.24) is 10.6 Å². The summed E-state index contributed by atoms with van der Waals surface area (Å²) in [6.45, 7) is 4.45. The van der Waals surface area contributed by atoms with Crippen LogP contribution in [0.2, 0.25) is 5.02 Å². The van der Waals surface area contributed by atoms with Gasteiger partial charge >= 0.3 is 0 Å². The fourth-order valence-electron chi connectivity index (χ4n) is 2.44. The highest BCUT2D eigenvalue weighted by molar-refractivity contribution is 14.0. The van der Waals surface area contributed by atoms with E-state index in [0.717, 1.165) is 24.4 Å². The van der Waals surface area contributed by atoms with Gasteiger partial charge in [-0.1, -0.05) is 23.7 Å². The summed E-state index contributed by atoms with van der Waals surface area (Å²) in [5.74, 6) is 0.611. The Morgan fingerprint density at radius 3 is 2.44 bits per heavy atom. The van der Waals surface area contributed by atoms with E-state index >= 15 is 0 Å². The molecule has 1 aromatic carbocycles. The second-order valence-electron chi connectivity index (χ2n) is 7.10. The Kier molecular flexibility index (Phi) is 7.59. The molecule has 0 amide bonds. The number of sulfone groups is 1. The third kappa shape index (κ3) is 5.72. The second-order valence-corrected chi connectivity index (χ2v) is 10.2. The third-order valence-corrected chi connectivity index (χ3v) is 7.18. The van der Waals surface area contributed by atoms with E-state index in [2.05, 4.69) is 21.7 Å². The van der Waals surface area contributed by atoms with Crippen LogP contribution in [0.25, 0.3) is 0 Å². The lowest BCUT2D eigenvalue weighted by Gasteiger charge is -2.25. The molecule has 1 saturated carbocycles. The van der Waals surface area contributed by atoms with Crippen LogP contribution in [0.4, 0.5) is 0 Å². The summed E-state index contributed by atoms with van der Waals surface area (Å²) in [7, 11) is -1.46. The summed E-state index contributed by atoms with van der Waals surface area (Å²) in [6.07, 6.45) is 3.46. The molecule has 1 aliphatic carbocycles. The summed E-state index contributed by atoms with van der Waals surface area (Å²) in [6, 6.07) is 7.96. The standard InChI is InChI=1S/C17H26ClN3O2S.HI/c1-16(2,24(4,22)23)11-20-15(19-3)21-12-17(8-9-17)13-6-5-7-14(18)10-13;/h5-7,10H,8-9,11-12H2,1-4H3,(H2,19,20,21);1H. The molecule has 0 atom stereocenters. The molecular weight excluding hydrogens is 473 g/mol. The molecule has 142 valence electrons. The molecular formula is C17H27ClIN3O2S. The minimum Gasteiger partial charge on any atom is -0.356 e. The van der Waals surface area contributed by atoms with Crippen molar-refractivity contribution >= 4 is 51.4 Å². The zero-order valence-electron chi connectivity index (χ0n) is 15.1. The fourth-order valence-corrected chi connectivity index (χ4v) is 2.96. The van der Waals surface area contributed by atoms with Gasteiger partial charge < -0.3 is 10.6 Å². The number of guanidine groups is 1. The van der Waals surface area contributed by atoms with Gasteiger partial charge in [0.1, 0.15) is 0 Å². The number of rotatable bonds is 6. The van der Waals surface area contributed by atoms with Gasteiger partial charge in [0.25, 0.3) is 0 Å². The molecule has 0 aromatic heterocycles. The van der Waals surface area contributed by atoms with E-state index in [1.165, 1.54) is 11.8 Å². The first-order valence-corrected chi connectivity index (χ1v) is 10.3. The number of nitrogens with zero attached hydrogens (tertiary/aromatic N) is 1. The van der Waals surface area contributed by atoms with Gasteiger partial charge in [0, 0.05) is 36.8 Å². The maximum atomic E-state index is 11.8. The zero-order valence-corrected chi connectivity index (χ0v) is 19.0. The summed E-state index contributed by atoms with van der Waals surface area (Å²) in [5, 5.41) is 7.17. The molecule has 0 heterocycles. The van der Waals surface area contributed by atoms with Gasteiger partial charge in [0.05, 0.1) is 4.75 Å². The second kappa shape index (κ2) is 8.43. The van der Waals surface area contributed by atoms with E-state index < -0.39 is 14.6 Å². The number of hydrogen-bond donors (Lipinski definition) is 2. The van der Waals surface area contributed by atoms with Gasteiger partial charge in [-0.15, -0.1) is 24.0 Å². The minimum atomic E-state index is -3.14. The van der Waals surface area contributed by atoms with Crippen molar-refractivity contribution in [3.8, 4) is 0 Å². The molecule has 25 heavy (non-hydrogen) atoms. The molecule has 1 aliphatic rings. The van der Waals surface area contributed by atoms with Crippen LogP contribution < -0.4 is 10.6 Å². The Balaban J connectivity index is 0.00000312. The predicted molar refractivity (Wildman–Crippen MR) is 116 cm³/mol. The third-order valence-electron chi connectivity index (χ3n) is 4.79. The van der Waals surface area contributed by atoms with E-state index in [9.17, 15) is 8.42 Å². The van der Waals surface area contributed by atoms with Crippen LogP contribution in [0.5, 0.6) is 0 Å². The summed E-state index contributed by atoms with van der Waals surface area (Å²) in [5.41, 5.74) is 1.32. The number of benzene rings is 1. The van der Waals surface area contributed by atoms with E-state index in [1.807, 2.05) is 18.2 Å². The van der Waals surface area contributed by atoms with Crippen molar-refractivity contribution in [2.45, 2.75) is 36.9 Å². The van der Waals surface area contributed by atoms with E-state index in [1.54, 1.807) is 20.9 Å². The monoisotopic (exact) mass is 499 g/mol. The van der Waals surface area contributed by atoms with Crippen LogP contribution in [0.3, 0.4) is 0 Å². The molecule has 0 unspecified atom stereocenters. The molecule has 1 aromatic rings. The first-order valence-electron chi connectivity index (χ1n) is 8.00. The van der Waals surface area contributed by atoms with Crippen LogP contribution in [-0.4, -0.2) is 45.5 Å². The van der Waals surface area contributed by atoms with Crippen molar-refractivity contribution < 1.29 is 8.42 Å². The Morgan fingerprint density at radius 1 is 1.32 bits per heavy atom. The number of hydrogen-bond acceptors (Lipinski definition) is 3. The normalized spacial score (nSPS) is 16.8. The molecule has 5 nitrogen and oxygen atoms in total. The van der Waals surface area contributed by atoms with Gasteiger partial charge in [0.2, 0.25) is 0 Å². The quantitative estimate of drug-likeness (QED) is 0.359. The first-order chi connectivity index (χ1) is 11.1. The van der Waals surface area contributed by atoms with Gasteiger partial charge in [-0.05, 0) is 44.4 Å². The van der Waals surface area contributed by atoms with Crippen molar-refractivity contribution in [2.75, 3.05) is 26.4 Å². The maximum absolute atomic E-state index is 11.8. The maximum Gasteiger partial charge on any atom is 0.191 e. The van der Waals surface area contributed by atoms with Gasteiger partial charge in [0.15, 0.2) is 15.8 Å². The van der Waals surface area contributed by atoms with Crippen LogP contribution in [0.1, 0.15) is 32.3 Å². The zero-order chi connectivity index (χ0) is 18.0. The topological polar surface area (TPSA) is 70.6 Å². The average Bonchev–Trinajstić information content (AvgIpc) is 3.27. The smallest absolute Gasteiger partial charge is 0.191 e. The fraction of sp³-hybridized carbons (Fsp3) is 0.588. The van der Waals surface area contributed by atoms with Gasteiger partial charge in [-0.25, -0.2) is 8.42 Å². The van der Waals surface area contributed by atoms with Crippen LogP contribution in [0, 0.1) is 0 Å². The molecule has 0 bridgehead atoms. The van der Waals surface area contributed by atoms with E-state index in [0.29, 0.717) is 12.5 Å². The average molecular weight is 500 g/mol. The van der Waals surface area contributed by atoms with E-state index in [4.69, 9.17) is 11.6 Å². The van der Waals surface area contributed by atoms with Crippen LogP contribution >= 0.6 is 35.6 Å². The Hall–Kier alpha value is -0.540. The van der Waals surface area contributed by atoms with Crippen molar-refractivity contribution in [2.24, 2.45) is 4.99 Å². The lowest BCUT2D eigenvalue weighted by atomic mass is 9.96. The van der Waals surface area contributed by atoms with Gasteiger partial charge in [-0.3, -0.25) is 4.99 Å². The largest absolute Gasteiger partial charge is 0.356 e. The number of halogens is 2. The van der Waals surface area contributed by atoms with Crippen LogP contribution in [-0.2, 0) is 15.3 Å². The van der Waals surface area contributed by atoms with Crippen LogP contribution in [0.15, 0.2) is 29.3 Å².